The fourth-order valence-corrected chi connectivity index (χ4v) is 1.69. The molecule has 0 aromatic rings. The van der Waals surface area contributed by atoms with Crippen molar-refractivity contribution in [2.75, 3.05) is 14.1 Å². The Hall–Kier alpha value is 0.210. The molecule has 1 aliphatic carbocycles. The Labute approximate surface area is 75.0 Å². The van der Waals surface area contributed by atoms with Crippen molar-refractivity contribution in [1.29, 1.82) is 0 Å². The van der Waals surface area contributed by atoms with Crippen molar-refractivity contribution in [3.8, 4) is 0 Å². The molecule has 0 unspecified atom stereocenters. The van der Waals surface area contributed by atoms with Gasteiger partial charge in [-0.1, -0.05) is 12.8 Å². The second kappa shape index (κ2) is 4.96. The van der Waals surface area contributed by atoms with Crippen molar-refractivity contribution in [3.63, 3.8) is 0 Å². The number of rotatable bonds is 1. The molecule has 1 fully saturated rings. The molecule has 1 rings (SSSR count). The standard InChI is InChI=1S/C8H17NO.ClH/c1-9(2)7-5-3-4-6-8(7)10;/h7-8,10H,3-6H2,1-2H3;1H/t7-,8+;/m1./s1. The van der Waals surface area contributed by atoms with Gasteiger partial charge in [-0.25, -0.2) is 0 Å². The summed E-state index contributed by atoms with van der Waals surface area (Å²) in [5.74, 6) is 0. The molecule has 68 valence electrons. The van der Waals surface area contributed by atoms with E-state index in [2.05, 4.69) is 4.90 Å². The lowest BCUT2D eigenvalue weighted by Crippen LogP contribution is -2.41. The Morgan fingerprint density at radius 1 is 1.18 bits per heavy atom. The van der Waals surface area contributed by atoms with Gasteiger partial charge in [-0.05, 0) is 26.9 Å². The third kappa shape index (κ3) is 2.97. The molecule has 0 aromatic carbocycles. The molecule has 0 spiro atoms. The highest BCUT2D eigenvalue weighted by molar-refractivity contribution is 5.85. The summed E-state index contributed by atoms with van der Waals surface area (Å²) in [4.78, 5) is 2.13. The van der Waals surface area contributed by atoms with Crippen LogP contribution in [-0.2, 0) is 0 Å². The minimum absolute atomic E-state index is 0. The van der Waals surface area contributed by atoms with Crippen LogP contribution in [0.1, 0.15) is 25.7 Å². The molecule has 2 atom stereocenters. The molecular formula is C8H18ClNO. The van der Waals surface area contributed by atoms with E-state index < -0.39 is 0 Å². The van der Waals surface area contributed by atoms with Gasteiger partial charge in [0.1, 0.15) is 0 Å². The number of nitrogens with zero attached hydrogens (tertiary/aromatic N) is 1. The van der Waals surface area contributed by atoms with E-state index in [0.717, 1.165) is 12.8 Å². The lowest BCUT2D eigenvalue weighted by Gasteiger charge is -2.32. The maximum Gasteiger partial charge on any atom is 0.0695 e. The summed E-state index contributed by atoms with van der Waals surface area (Å²) < 4.78 is 0. The molecular weight excluding hydrogens is 162 g/mol. The topological polar surface area (TPSA) is 23.5 Å². The number of halogens is 1. The minimum atomic E-state index is -0.0799. The fraction of sp³-hybridized carbons (Fsp3) is 1.00. The quantitative estimate of drug-likeness (QED) is 0.656. The predicted molar refractivity (Wildman–Crippen MR) is 49.2 cm³/mol. The van der Waals surface area contributed by atoms with Crippen molar-refractivity contribution >= 4 is 12.4 Å². The third-order valence-electron chi connectivity index (χ3n) is 2.36. The second-order valence-corrected chi connectivity index (χ2v) is 3.38. The van der Waals surface area contributed by atoms with Crippen LogP contribution in [-0.4, -0.2) is 36.2 Å². The van der Waals surface area contributed by atoms with Crippen LogP contribution < -0.4 is 0 Å². The van der Waals surface area contributed by atoms with E-state index in [4.69, 9.17) is 0 Å². The molecule has 0 bridgehead atoms. The Morgan fingerprint density at radius 3 is 2.09 bits per heavy atom. The van der Waals surface area contributed by atoms with Gasteiger partial charge in [0.2, 0.25) is 0 Å². The van der Waals surface area contributed by atoms with E-state index in [0.29, 0.717) is 6.04 Å². The van der Waals surface area contributed by atoms with Crippen LogP contribution in [0.3, 0.4) is 0 Å². The first kappa shape index (κ1) is 11.2. The number of aliphatic hydroxyl groups excluding tert-OH is 1. The SMILES string of the molecule is CN(C)[C@@H]1CCCC[C@@H]1O.Cl. The van der Waals surface area contributed by atoms with Gasteiger partial charge in [-0.3, -0.25) is 0 Å². The fourth-order valence-electron chi connectivity index (χ4n) is 1.69. The zero-order chi connectivity index (χ0) is 7.56. The van der Waals surface area contributed by atoms with Gasteiger partial charge < -0.3 is 10.0 Å². The van der Waals surface area contributed by atoms with Crippen LogP contribution in [0.4, 0.5) is 0 Å². The number of likely N-dealkylation sites (N-methyl/N-ethyl adjacent to an activating group) is 1. The second-order valence-electron chi connectivity index (χ2n) is 3.38. The summed E-state index contributed by atoms with van der Waals surface area (Å²) in [7, 11) is 4.08. The molecule has 1 aliphatic rings. The summed E-state index contributed by atoms with van der Waals surface area (Å²) in [5, 5.41) is 9.50. The summed E-state index contributed by atoms with van der Waals surface area (Å²) in [6.07, 6.45) is 4.55. The summed E-state index contributed by atoms with van der Waals surface area (Å²) in [6, 6.07) is 0.411. The molecule has 0 radical (unpaired) electrons. The normalized spacial score (nSPS) is 31.6. The highest BCUT2D eigenvalue weighted by atomic mass is 35.5. The highest BCUT2D eigenvalue weighted by Crippen LogP contribution is 2.20. The first-order chi connectivity index (χ1) is 4.72. The maximum atomic E-state index is 9.50. The number of hydrogen-bond acceptors (Lipinski definition) is 2. The monoisotopic (exact) mass is 179 g/mol. The van der Waals surface area contributed by atoms with Gasteiger partial charge in [-0.15, -0.1) is 12.4 Å². The van der Waals surface area contributed by atoms with E-state index in [1.54, 1.807) is 0 Å². The molecule has 2 nitrogen and oxygen atoms in total. The van der Waals surface area contributed by atoms with E-state index in [1.807, 2.05) is 14.1 Å². The molecule has 0 saturated heterocycles. The summed E-state index contributed by atoms with van der Waals surface area (Å²) in [5.41, 5.74) is 0. The van der Waals surface area contributed by atoms with Crippen molar-refractivity contribution in [2.24, 2.45) is 0 Å². The van der Waals surface area contributed by atoms with Gasteiger partial charge in [0.05, 0.1) is 6.10 Å². The average molecular weight is 180 g/mol. The third-order valence-corrected chi connectivity index (χ3v) is 2.36. The molecule has 1 saturated carbocycles. The Kier molecular flexibility index (Phi) is 5.06. The van der Waals surface area contributed by atoms with E-state index in [1.165, 1.54) is 12.8 Å². The average Bonchev–Trinajstić information content (AvgIpc) is 1.88. The molecule has 3 heteroatoms. The van der Waals surface area contributed by atoms with Gasteiger partial charge in [0.15, 0.2) is 0 Å². The first-order valence-corrected chi connectivity index (χ1v) is 4.06. The smallest absolute Gasteiger partial charge is 0.0695 e. The van der Waals surface area contributed by atoms with Crippen molar-refractivity contribution < 1.29 is 5.11 Å². The number of hydrogen-bond donors (Lipinski definition) is 1. The maximum absolute atomic E-state index is 9.50. The molecule has 0 heterocycles. The molecule has 1 N–H and O–H groups in total. The molecule has 0 amide bonds. The zero-order valence-electron chi connectivity index (χ0n) is 7.29. The summed E-state index contributed by atoms with van der Waals surface area (Å²) >= 11 is 0. The van der Waals surface area contributed by atoms with Crippen LogP contribution in [0.5, 0.6) is 0 Å². The first-order valence-electron chi connectivity index (χ1n) is 4.06. The molecule has 0 aliphatic heterocycles. The van der Waals surface area contributed by atoms with Crippen LogP contribution >= 0.6 is 12.4 Å². The Balaban J connectivity index is 0.000001000. The van der Waals surface area contributed by atoms with Crippen molar-refractivity contribution in [3.05, 3.63) is 0 Å². The van der Waals surface area contributed by atoms with E-state index in [9.17, 15) is 5.11 Å². The van der Waals surface area contributed by atoms with E-state index >= 15 is 0 Å². The van der Waals surface area contributed by atoms with Gasteiger partial charge in [-0.2, -0.15) is 0 Å². The Bertz CT molecular complexity index is 108. The van der Waals surface area contributed by atoms with Crippen molar-refractivity contribution in [2.45, 2.75) is 37.8 Å². The van der Waals surface area contributed by atoms with Crippen molar-refractivity contribution in [1.82, 2.24) is 4.90 Å². The minimum Gasteiger partial charge on any atom is -0.391 e. The number of aliphatic hydroxyl groups is 1. The van der Waals surface area contributed by atoms with E-state index in [-0.39, 0.29) is 18.5 Å². The Morgan fingerprint density at radius 2 is 1.73 bits per heavy atom. The van der Waals surface area contributed by atoms with Crippen LogP contribution in [0, 0.1) is 0 Å². The molecule has 11 heavy (non-hydrogen) atoms. The zero-order valence-corrected chi connectivity index (χ0v) is 8.10. The predicted octanol–water partition coefficient (Wildman–Crippen LogP) is 1.27. The van der Waals surface area contributed by atoms with Gasteiger partial charge >= 0.3 is 0 Å². The van der Waals surface area contributed by atoms with Gasteiger partial charge in [0, 0.05) is 6.04 Å². The lowest BCUT2D eigenvalue weighted by molar-refractivity contribution is 0.0435. The largest absolute Gasteiger partial charge is 0.391 e. The van der Waals surface area contributed by atoms with Gasteiger partial charge in [0.25, 0.3) is 0 Å². The lowest BCUT2D eigenvalue weighted by atomic mass is 9.92. The van der Waals surface area contributed by atoms with Crippen LogP contribution in [0.2, 0.25) is 0 Å². The summed E-state index contributed by atoms with van der Waals surface area (Å²) in [6.45, 7) is 0. The van der Waals surface area contributed by atoms with Crippen LogP contribution in [0.15, 0.2) is 0 Å². The highest BCUT2D eigenvalue weighted by Gasteiger charge is 2.23. The molecule has 0 aromatic heterocycles. The van der Waals surface area contributed by atoms with Crippen LogP contribution in [0.25, 0.3) is 0 Å².